The van der Waals surface area contributed by atoms with Crippen molar-refractivity contribution in [3.05, 3.63) is 77.1 Å². The second-order valence-electron chi connectivity index (χ2n) is 9.57. The van der Waals surface area contributed by atoms with Gasteiger partial charge in [0.2, 0.25) is 15.9 Å². The van der Waals surface area contributed by atoms with Gasteiger partial charge in [-0.15, -0.1) is 0 Å². The maximum Gasteiger partial charge on any atom is 0.240 e. The van der Waals surface area contributed by atoms with Crippen molar-refractivity contribution in [3.8, 4) is 5.69 Å². The zero-order valence-corrected chi connectivity index (χ0v) is 21.6. The molecule has 0 atom stereocenters. The highest BCUT2D eigenvalue weighted by Crippen LogP contribution is 2.23. The molecule has 0 aliphatic carbocycles. The van der Waals surface area contributed by atoms with Crippen LogP contribution in [-0.4, -0.2) is 42.6 Å². The largest absolute Gasteiger partial charge is 0.341 e. The molecule has 1 N–H and O–H groups in total. The van der Waals surface area contributed by atoms with Crippen LogP contribution in [0.25, 0.3) is 5.69 Å². The summed E-state index contributed by atoms with van der Waals surface area (Å²) >= 11 is 0. The summed E-state index contributed by atoms with van der Waals surface area (Å²) in [5.74, 6) is -0.142. The third kappa shape index (κ3) is 5.93. The van der Waals surface area contributed by atoms with E-state index in [1.807, 2.05) is 61.0 Å². The lowest BCUT2D eigenvalue weighted by atomic mass is 9.87. The van der Waals surface area contributed by atoms with Gasteiger partial charge in [0.05, 0.1) is 16.3 Å². The number of para-hydroxylation sites is 1. The number of aromatic nitrogens is 2. The Morgan fingerprint density at radius 1 is 1.03 bits per heavy atom. The van der Waals surface area contributed by atoms with Crippen LogP contribution in [0.2, 0.25) is 0 Å². The first-order valence-electron chi connectivity index (χ1n) is 11.3. The molecule has 34 heavy (non-hydrogen) atoms. The van der Waals surface area contributed by atoms with E-state index in [0.29, 0.717) is 6.54 Å². The fraction of sp³-hybridized carbons (Fsp3) is 0.385. The third-order valence-electron chi connectivity index (χ3n) is 5.92. The molecule has 1 amide bonds. The smallest absolute Gasteiger partial charge is 0.240 e. The number of amides is 1. The van der Waals surface area contributed by atoms with Crippen molar-refractivity contribution in [1.82, 2.24) is 19.4 Å². The third-order valence-corrected chi connectivity index (χ3v) is 7.40. The highest BCUT2D eigenvalue weighted by Gasteiger charge is 2.20. The first-order valence-corrected chi connectivity index (χ1v) is 12.8. The number of benzene rings is 2. The van der Waals surface area contributed by atoms with Crippen molar-refractivity contribution >= 4 is 15.9 Å². The molecular weight excluding hydrogens is 448 g/mol. The number of carbonyl (C=O) groups is 1. The average molecular weight is 483 g/mol. The Hall–Kier alpha value is -2.97. The number of sulfonamides is 1. The average Bonchev–Trinajstić information content (AvgIpc) is 3.07. The maximum absolute atomic E-state index is 12.7. The maximum atomic E-state index is 12.7. The predicted molar refractivity (Wildman–Crippen MR) is 134 cm³/mol. The second kappa shape index (κ2) is 10.1. The summed E-state index contributed by atoms with van der Waals surface area (Å²) in [5.41, 5.74) is 4.79. The van der Waals surface area contributed by atoms with Crippen LogP contribution in [0.5, 0.6) is 0 Å². The molecule has 0 radical (unpaired) electrons. The number of hydrogen-bond donors (Lipinski definition) is 1. The van der Waals surface area contributed by atoms with Gasteiger partial charge >= 0.3 is 0 Å². The van der Waals surface area contributed by atoms with E-state index in [2.05, 4.69) is 30.6 Å². The minimum Gasteiger partial charge on any atom is -0.341 e. The van der Waals surface area contributed by atoms with Crippen LogP contribution in [0.4, 0.5) is 0 Å². The van der Waals surface area contributed by atoms with Crippen molar-refractivity contribution in [2.24, 2.45) is 0 Å². The Morgan fingerprint density at radius 3 is 2.24 bits per heavy atom. The van der Waals surface area contributed by atoms with Crippen molar-refractivity contribution in [3.63, 3.8) is 0 Å². The number of carbonyl (C=O) groups excluding carboxylic acids is 1. The Bertz CT molecular complexity index is 1240. The first kappa shape index (κ1) is 25.6. The molecule has 1 aromatic heterocycles. The van der Waals surface area contributed by atoms with Gasteiger partial charge in [0.15, 0.2) is 0 Å². The molecular formula is C26H34N4O3S. The number of rotatable bonds is 8. The molecule has 8 heteroatoms. The molecule has 3 rings (SSSR count). The highest BCUT2D eigenvalue weighted by molar-refractivity contribution is 7.89. The van der Waals surface area contributed by atoms with Gasteiger partial charge in [0, 0.05) is 37.8 Å². The normalized spacial score (nSPS) is 12.1. The summed E-state index contributed by atoms with van der Waals surface area (Å²) in [7, 11) is -1.95. The van der Waals surface area contributed by atoms with Gasteiger partial charge in [0.1, 0.15) is 0 Å². The van der Waals surface area contributed by atoms with E-state index in [4.69, 9.17) is 0 Å². The van der Waals surface area contributed by atoms with Crippen LogP contribution in [0.3, 0.4) is 0 Å². The molecule has 0 spiro atoms. The molecule has 0 saturated heterocycles. The molecule has 2 aromatic carbocycles. The quantitative estimate of drug-likeness (QED) is 0.524. The molecule has 0 saturated carbocycles. The molecule has 7 nitrogen and oxygen atoms in total. The van der Waals surface area contributed by atoms with Crippen LogP contribution >= 0.6 is 0 Å². The standard InChI is InChI=1S/C26H34N4O3S/c1-19-24(20(2)30(28-19)22-10-8-7-9-11-22)18-29(6)25(31)16-17-27-34(32,33)23-14-12-21(13-15-23)26(3,4)5/h7-15,27H,16-18H2,1-6H3. The van der Waals surface area contributed by atoms with E-state index < -0.39 is 10.0 Å². The molecule has 182 valence electrons. The second-order valence-corrected chi connectivity index (χ2v) is 11.3. The molecule has 0 aliphatic heterocycles. The molecule has 0 aliphatic rings. The van der Waals surface area contributed by atoms with E-state index >= 15 is 0 Å². The first-order chi connectivity index (χ1) is 15.9. The Labute approximate surface area is 202 Å². The van der Waals surface area contributed by atoms with Crippen LogP contribution in [-0.2, 0) is 26.8 Å². The van der Waals surface area contributed by atoms with E-state index in [9.17, 15) is 13.2 Å². The van der Waals surface area contributed by atoms with E-state index in [0.717, 1.165) is 28.2 Å². The van der Waals surface area contributed by atoms with E-state index in [1.165, 1.54) is 0 Å². The topological polar surface area (TPSA) is 84.3 Å². The van der Waals surface area contributed by atoms with Gasteiger partial charge in [-0.05, 0) is 49.1 Å². The SMILES string of the molecule is Cc1nn(-c2ccccc2)c(C)c1CN(C)C(=O)CCNS(=O)(=O)c1ccc(C(C)(C)C)cc1. The zero-order valence-electron chi connectivity index (χ0n) is 20.8. The van der Waals surface area contributed by atoms with Crippen LogP contribution in [0, 0.1) is 13.8 Å². The van der Waals surface area contributed by atoms with Gasteiger partial charge in [-0.25, -0.2) is 17.8 Å². The highest BCUT2D eigenvalue weighted by atomic mass is 32.2. The van der Waals surface area contributed by atoms with Crippen LogP contribution < -0.4 is 4.72 Å². The fourth-order valence-electron chi connectivity index (χ4n) is 3.75. The lowest BCUT2D eigenvalue weighted by Gasteiger charge is -2.19. The Kier molecular flexibility index (Phi) is 7.63. The van der Waals surface area contributed by atoms with Crippen molar-refractivity contribution in [2.45, 2.75) is 57.9 Å². The van der Waals surface area contributed by atoms with Crippen molar-refractivity contribution in [2.75, 3.05) is 13.6 Å². The monoisotopic (exact) mass is 482 g/mol. The summed E-state index contributed by atoms with van der Waals surface area (Å²) < 4.78 is 29.6. The van der Waals surface area contributed by atoms with Gasteiger partial charge < -0.3 is 4.90 Å². The predicted octanol–water partition coefficient (Wildman–Crippen LogP) is 4.11. The Balaban J connectivity index is 1.59. The zero-order chi connectivity index (χ0) is 25.1. The summed E-state index contributed by atoms with van der Waals surface area (Å²) in [6.07, 6.45) is 0.0702. The minimum absolute atomic E-state index is 0.0355. The van der Waals surface area contributed by atoms with Crippen molar-refractivity contribution < 1.29 is 13.2 Å². The van der Waals surface area contributed by atoms with E-state index in [-0.39, 0.29) is 29.2 Å². The summed E-state index contributed by atoms with van der Waals surface area (Å²) in [6.45, 7) is 10.6. The van der Waals surface area contributed by atoms with Crippen LogP contribution in [0.15, 0.2) is 59.5 Å². The molecule has 3 aromatic rings. The minimum atomic E-state index is -3.68. The van der Waals surface area contributed by atoms with Crippen molar-refractivity contribution in [1.29, 1.82) is 0 Å². The van der Waals surface area contributed by atoms with Gasteiger partial charge in [-0.3, -0.25) is 4.79 Å². The number of aryl methyl sites for hydroxylation is 1. The van der Waals surface area contributed by atoms with Gasteiger partial charge in [0.25, 0.3) is 0 Å². The summed E-state index contributed by atoms with van der Waals surface area (Å²) in [4.78, 5) is 14.5. The lowest BCUT2D eigenvalue weighted by Crippen LogP contribution is -2.32. The van der Waals surface area contributed by atoms with Gasteiger partial charge in [-0.2, -0.15) is 5.10 Å². The molecule has 0 unspecified atom stereocenters. The number of hydrogen-bond acceptors (Lipinski definition) is 4. The molecule has 0 bridgehead atoms. The lowest BCUT2D eigenvalue weighted by molar-refractivity contribution is -0.130. The summed E-state index contributed by atoms with van der Waals surface area (Å²) in [5, 5.41) is 4.63. The molecule has 1 heterocycles. The van der Waals surface area contributed by atoms with Crippen LogP contribution in [0.1, 0.15) is 49.7 Å². The fourth-order valence-corrected chi connectivity index (χ4v) is 4.78. The molecule has 0 fully saturated rings. The number of nitrogens with zero attached hydrogens (tertiary/aromatic N) is 3. The van der Waals surface area contributed by atoms with E-state index in [1.54, 1.807) is 24.1 Å². The van der Waals surface area contributed by atoms with Gasteiger partial charge in [-0.1, -0.05) is 51.1 Å². The Morgan fingerprint density at radius 2 is 1.65 bits per heavy atom. The summed E-state index contributed by atoms with van der Waals surface area (Å²) in [6, 6.07) is 16.7. The number of nitrogens with one attached hydrogen (secondary N) is 1.